The van der Waals surface area contributed by atoms with Gasteiger partial charge in [-0.05, 0) is 61.9 Å². The predicted molar refractivity (Wildman–Crippen MR) is 131 cm³/mol. The minimum atomic E-state index is -0.517. The van der Waals surface area contributed by atoms with Gasteiger partial charge in [0, 0.05) is 15.7 Å². The molecule has 0 unspecified atom stereocenters. The van der Waals surface area contributed by atoms with Gasteiger partial charge in [0.05, 0.1) is 16.5 Å². The first kappa shape index (κ1) is 22.5. The Morgan fingerprint density at radius 2 is 1.94 bits per heavy atom. The van der Waals surface area contributed by atoms with Crippen LogP contribution in [0, 0.1) is 11.7 Å². The van der Waals surface area contributed by atoms with Gasteiger partial charge in [-0.1, -0.05) is 58.3 Å². The Hall–Kier alpha value is -1.70. The van der Waals surface area contributed by atoms with E-state index >= 15 is 0 Å². The summed E-state index contributed by atoms with van der Waals surface area (Å²) < 4.78 is 14.3. The molecule has 2 aliphatic rings. The van der Waals surface area contributed by atoms with E-state index in [0.717, 1.165) is 46.5 Å². The summed E-state index contributed by atoms with van der Waals surface area (Å²) in [6.07, 6.45) is 4.06. The molecule has 0 radical (unpaired) electrons. The molecule has 1 amide bonds. The lowest BCUT2D eigenvalue weighted by molar-refractivity contribution is -0.113. The number of hydrogen-bond donors (Lipinski definition) is 1. The summed E-state index contributed by atoms with van der Waals surface area (Å²) >= 11 is 10.7. The Labute approximate surface area is 198 Å². The molecule has 1 heterocycles. The largest absolute Gasteiger partial charge is 0.325 e. The summed E-state index contributed by atoms with van der Waals surface area (Å²) in [5.41, 5.74) is 1.91. The highest BCUT2D eigenvalue weighted by atomic mass is 79.9. The number of carbonyl (C=O) groups excluding carboxylic acids is 1. The van der Waals surface area contributed by atoms with Crippen LogP contribution in [0.4, 0.5) is 10.1 Å². The number of hydrogen-bond acceptors (Lipinski definition) is 4. The van der Waals surface area contributed by atoms with Crippen molar-refractivity contribution in [3.63, 3.8) is 0 Å². The zero-order valence-electron chi connectivity index (χ0n) is 17.0. The lowest BCUT2D eigenvalue weighted by Crippen LogP contribution is -2.28. The van der Waals surface area contributed by atoms with Gasteiger partial charge in [0.25, 0.3) is 0 Å². The maximum absolute atomic E-state index is 13.3. The third kappa shape index (κ3) is 5.38. The fraction of sp³-hybridized carbons (Fsp3) is 0.348. The minimum absolute atomic E-state index is 0.0243. The van der Waals surface area contributed by atoms with Gasteiger partial charge in [-0.25, -0.2) is 9.38 Å². The Kier molecular flexibility index (Phi) is 6.84. The number of halogens is 3. The average Bonchev–Trinajstić information content (AvgIpc) is 3.10. The first-order valence-corrected chi connectivity index (χ1v) is 12.3. The molecule has 2 aromatic carbocycles. The van der Waals surface area contributed by atoms with Crippen LogP contribution in [-0.4, -0.2) is 28.1 Å². The zero-order chi connectivity index (χ0) is 22.0. The van der Waals surface area contributed by atoms with Crippen molar-refractivity contribution in [3.05, 3.63) is 63.3 Å². The van der Waals surface area contributed by atoms with Gasteiger partial charge in [-0.15, -0.1) is 0 Å². The molecule has 0 aromatic heterocycles. The smallest absolute Gasteiger partial charge is 0.234 e. The van der Waals surface area contributed by atoms with Crippen LogP contribution in [-0.2, 0) is 4.79 Å². The molecule has 31 heavy (non-hydrogen) atoms. The number of nitrogens with one attached hydrogen (secondary N) is 1. The van der Waals surface area contributed by atoms with E-state index in [0.29, 0.717) is 11.6 Å². The second-order valence-corrected chi connectivity index (χ2v) is 10.3. The van der Waals surface area contributed by atoms with Gasteiger partial charge < -0.3 is 5.32 Å². The van der Waals surface area contributed by atoms with Gasteiger partial charge in [0.15, 0.2) is 5.66 Å². The molecule has 1 aliphatic heterocycles. The summed E-state index contributed by atoms with van der Waals surface area (Å²) in [4.78, 5) is 22.6. The van der Waals surface area contributed by atoms with Crippen LogP contribution in [0.3, 0.4) is 0 Å². The van der Waals surface area contributed by atoms with Crippen molar-refractivity contribution in [2.75, 3.05) is 11.1 Å². The molecule has 1 spiro atoms. The van der Waals surface area contributed by atoms with E-state index in [1.807, 2.05) is 24.3 Å². The molecular weight excluding hydrogens is 501 g/mol. The van der Waals surface area contributed by atoms with E-state index in [9.17, 15) is 9.18 Å². The number of aliphatic imine (C=N–C) groups is 2. The molecule has 162 valence electrons. The number of thioether (sulfide) groups is 1. The van der Waals surface area contributed by atoms with E-state index < -0.39 is 11.5 Å². The Morgan fingerprint density at radius 1 is 1.23 bits per heavy atom. The van der Waals surface area contributed by atoms with Crippen LogP contribution in [0.15, 0.2) is 56.9 Å². The maximum Gasteiger partial charge on any atom is 0.234 e. The fourth-order valence-corrected chi connectivity index (χ4v) is 5.09. The fourth-order valence-electron chi connectivity index (χ4n) is 3.77. The highest BCUT2D eigenvalue weighted by Crippen LogP contribution is 2.40. The van der Waals surface area contributed by atoms with Crippen LogP contribution < -0.4 is 5.32 Å². The summed E-state index contributed by atoms with van der Waals surface area (Å²) in [6.45, 7) is 2.27. The molecule has 1 N–H and O–H groups in total. The van der Waals surface area contributed by atoms with Gasteiger partial charge in [0.1, 0.15) is 10.9 Å². The SMILES string of the molecule is CC1CCC2(CC1)N=C(SCC(=O)Nc1ccc(F)c(Cl)c1)C(c1ccc(Br)cc1)=N2. The second kappa shape index (κ2) is 9.43. The molecule has 1 fully saturated rings. The van der Waals surface area contributed by atoms with Crippen molar-refractivity contribution in [2.24, 2.45) is 15.9 Å². The number of rotatable bonds is 4. The monoisotopic (exact) mass is 521 g/mol. The Bertz CT molecular complexity index is 1050. The molecular formula is C23H22BrClFN3OS. The molecule has 0 atom stereocenters. The number of anilines is 1. The van der Waals surface area contributed by atoms with Crippen LogP contribution >= 0.6 is 39.3 Å². The molecule has 4 rings (SSSR count). The minimum Gasteiger partial charge on any atom is -0.325 e. The van der Waals surface area contributed by atoms with E-state index in [1.54, 1.807) is 0 Å². The van der Waals surface area contributed by atoms with Crippen LogP contribution in [0.2, 0.25) is 5.02 Å². The van der Waals surface area contributed by atoms with Crippen molar-refractivity contribution >= 4 is 61.6 Å². The second-order valence-electron chi connectivity index (χ2n) is 8.01. The highest BCUT2D eigenvalue weighted by Gasteiger charge is 2.39. The normalized spacial score (nSPS) is 22.9. The van der Waals surface area contributed by atoms with Crippen molar-refractivity contribution in [1.29, 1.82) is 0 Å². The van der Waals surface area contributed by atoms with Crippen molar-refractivity contribution in [3.8, 4) is 0 Å². The first-order valence-electron chi connectivity index (χ1n) is 10.2. The maximum atomic E-state index is 13.3. The topological polar surface area (TPSA) is 53.8 Å². The van der Waals surface area contributed by atoms with Gasteiger partial charge in [-0.2, -0.15) is 0 Å². The molecule has 8 heteroatoms. The van der Waals surface area contributed by atoms with Gasteiger partial charge in [0.2, 0.25) is 5.91 Å². The molecule has 1 saturated carbocycles. The van der Waals surface area contributed by atoms with Crippen molar-refractivity contribution in [1.82, 2.24) is 0 Å². The average molecular weight is 523 g/mol. The quantitative estimate of drug-likeness (QED) is 0.484. The standard InChI is InChI=1S/C23H22BrClFN3OS/c1-14-8-10-23(11-9-14)28-21(15-2-4-16(24)5-3-15)22(29-23)31-13-20(30)27-17-6-7-19(26)18(25)12-17/h2-7,12,14H,8-11,13H2,1H3,(H,27,30). The Balaban J connectivity index is 1.50. The number of nitrogens with zero attached hydrogens (tertiary/aromatic N) is 2. The first-order chi connectivity index (χ1) is 14.8. The van der Waals surface area contributed by atoms with E-state index in [2.05, 4.69) is 28.2 Å². The number of carbonyl (C=O) groups is 1. The third-order valence-electron chi connectivity index (χ3n) is 5.57. The lowest BCUT2D eigenvalue weighted by atomic mass is 9.83. The summed E-state index contributed by atoms with van der Waals surface area (Å²) in [5.74, 6) is 0.147. The summed E-state index contributed by atoms with van der Waals surface area (Å²) in [6, 6.07) is 12.1. The number of benzene rings is 2. The number of amides is 1. The summed E-state index contributed by atoms with van der Waals surface area (Å²) in [5, 5.41) is 3.53. The molecule has 0 bridgehead atoms. The van der Waals surface area contributed by atoms with E-state index in [1.165, 1.54) is 30.0 Å². The molecule has 4 nitrogen and oxygen atoms in total. The predicted octanol–water partition coefficient (Wildman–Crippen LogP) is 6.72. The summed E-state index contributed by atoms with van der Waals surface area (Å²) in [7, 11) is 0. The lowest BCUT2D eigenvalue weighted by Gasteiger charge is -2.30. The zero-order valence-corrected chi connectivity index (χ0v) is 20.2. The third-order valence-corrected chi connectivity index (χ3v) is 7.35. The van der Waals surface area contributed by atoms with Crippen molar-refractivity contribution in [2.45, 2.75) is 38.3 Å². The molecule has 0 saturated heterocycles. The van der Waals surface area contributed by atoms with Crippen LogP contribution in [0.25, 0.3) is 0 Å². The van der Waals surface area contributed by atoms with E-state index in [4.69, 9.17) is 21.6 Å². The van der Waals surface area contributed by atoms with Gasteiger partial charge >= 0.3 is 0 Å². The van der Waals surface area contributed by atoms with E-state index in [-0.39, 0.29) is 16.7 Å². The van der Waals surface area contributed by atoms with Crippen LogP contribution in [0.5, 0.6) is 0 Å². The van der Waals surface area contributed by atoms with Crippen LogP contribution in [0.1, 0.15) is 38.2 Å². The van der Waals surface area contributed by atoms with Gasteiger partial charge in [-0.3, -0.25) is 9.79 Å². The Morgan fingerprint density at radius 3 is 2.61 bits per heavy atom. The highest BCUT2D eigenvalue weighted by molar-refractivity contribution is 9.10. The van der Waals surface area contributed by atoms with Crippen molar-refractivity contribution < 1.29 is 9.18 Å². The molecule has 2 aromatic rings. The molecule has 1 aliphatic carbocycles.